The Morgan fingerprint density at radius 3 is 2.53 bits per heavy atom. The monoisotopic (exact) mass is 512 g/mol. The number of benzene rings is 1. The topological polar surface area (TPSA) is 128 Å². The van der Waals surface area contributed by atoms with Gasteiger partial charge >= 0.3 is 6.18 Å². The lowest BCUT2D eigenvalue weighted by molar-refractivity contribution is -0.137. The smallest absolute Gasteiger partial charge is 0.389 e. The Kier molecular flexibility index (Phi) is 7.34. The maximum atomic E-state index is 15.4. The number of aromatic nitrogens is 2. The van der Waals surface area contributed by atoms with Crippen LogP contribution in [0.5, 0.6) is 0 Å². The van der Waals surface area contributed by atoms with Gasteiger partial charge < -0.3 is 26.2 Å². The Balaban J connectivity index is 1.45. The van der Waals surface area contributed by atoms with Crippen molar-refractivity contribution in [1.29, 1.82) is 0 Å². The maximum absolute atomic E-state index is 15.4. The Morgan fingerprint density at radius 1 is 1.25 bits per heavy atom. The summed E-state index contributed by atoms with van der Waals surface area (Å²) in [7, 11) is 0. The fourth-order valence-electron chi connectivity index (χ4n) is 4.27. The molecule has 5 N–H and O–H groups in total. The van der Waals surface area contributed by atoms with Crippen LogP contribution >= 0.6 is 0 Å². The van der Waals surface area contributed by atoms with Crippen LogP contribution in [0.4, 0.5) is 29.2 Å². The van der Waals surface area contributed by atoms with E-state index < -0.39 is 35.2 Å². The van der Waals surface area contributed by atoms with Gasteiger partial charge in [-0.2, -0.15) is 17.6 Å². The number of nitrogens with two attached hydrogens (primary N) is 1. The number of amides is 1. The Bertz CT molecular complexity index is 1080. The third-order valence-electron chi connectivity index (χ3n) is 6.52. The van der Waals surface area contributed by atoms with Gasteiger partial charge in [0.2, 0.25) is 11.7 Å². The molecule has 0 unspecified atom stereocenters. The highest BCUT2D eigenvalue weighted by atomic mass is 19.4. The fourth-order valence-corrected chi connectivity index (χ4v) is 4.27. The second kappa shape index (κ2) is 10.1. The number of anilines is 2. The first-order valence-electron chi connectivity index (χ1n) is 11.5. The first-order chi connectivity index (χ1) is 17.0. The molecule has 0 radical (unpaired) electrons. The summed E-state index contributed by atoms with van der Waals surface area (Å²) < 4.78 is 54.0. The van der Waals surface area contributed by atoms with Crippen molar-refractivity contribution in [2.45, 2.75) is 49.7 Å². The minimum Gasteiger partial charge on any atom is -0.389 e. The van der Waals surface area contributed by atoms with Crippen molar-refractivity contribution in [2.24, 2.45) is 5.73 Å². The van der Waals surface area contributed by atoms with Crippen LogP contribution in [0, 0.1) is 5.82 Å². The number of piperidine rings is 1. The van der Waals surface area contributed by atoms with Crippen molar-refractivity contribution >= 4 is 17.5 Å². The van der Waals surface area contributed by atoms with Gasteiger partial charge in [0.05, 0.1) is 18.2 Å². The normalized spacial score (nSPS) is 22.9. The first kappa shape index (κ1) is 26.0. The third kappa shape index (κ3) is 6.02. The summed E-state index contributed by atoms with van der Waals surface area (Å²) in [5, 5.41) is 24.1. The van der Waals surface area contributed by atoms with E-state index in [0.717, 1.165) is 25.0 Å². The Morgan fingerprint density at radius 2 is 1.94 bits per heavy atom. The lowest BCUT2D eigenvalue weighted by Gasteiger charge is -2.41. The molecule has 9 nitrogen and oxygen atoms in total. The molecule has 1 aliphatic carbocycles. The standard InChI is InChI=1S/C23H28F4N6O3/c24-19-20(29-12-22(36)7-8-32(10-17(22)34)11-18(28)35)30-13-31-21(19)33(16-5-6-16)9-14-1-3-15(4-2-14)23(25,26)27/h1-4,13,16-17,34,36H,5-12H2,(H2,28,35)(H,29,30,31)/t17-,22-/m0/s1. The largest absolute Gasteiger partial charge is 0.416 e. The Hall–Kier alpha value is -3.03. The number of carbonyl (C=O) groups is 1. The predicted molar refractivity (Wildman–Crippen MR) is 122 cm³/mol. The maximum Gasteiger partial charge on any atom is 0.416 e. The zero-order valence-corrected chi connectivity index (χ0v) is 19.4. The molecule has 196 valence electrons. The highest BCUT2D eigenvalue weighted by molar-refractivity contribution is 5.75. The number of primary amides is 1. The van der Waals surface area contributed by atoms with Crippen molar-refractivity contribution < 1.29 is 32.6 Å². The average Bonchev–Trinajstić information content (AvgIpc) is 3.65. The molecule has 2 aliphatic rings. The van der Waals surface area contributed by atoms with Gasteiger partial charge in [-0.1, -0.05) is 12.1 Å². The number of rotatable bonds is 9. The molecule has 1 saturated heterocycles. The van der Waals surface area contributed by atoms with Gasteiger partial charge in [0.15, 0.2) is 11.6 Å². The lowest BCUT2D eigenvalue weighted by atomic mass is 9.88. The minimum absolute atomic E-state index is 0.00119. The number of aliphatic hydroxyl groups excluding tert-OH is 1. The molecular weight excluding hydrogens is 484 g/mol. The lowest BCUT2D eigenvalue weighted by Crippen LogP contribution is -2.59. The molecule has 2 fully saturated rings. The molecule has 4 rings (SSSR count). The molecule has 2 aromatic rings. The zero-order valence-electron chi connectivity index (χ0n) is 19.4. The number of alkyl halides is 3. The summed E-state index contributed by atoms with van der Waals surface area (Å²) in [6, 6.07) is 4.69. The van der Waals surface area contributed by atoms with E-state index in [-0.39, 0.29) is 50.3 Å². The second-order valence-corrected chi connectivity index (χ2v) is 9.34. The molecule has 1 aromatic carbocycles. The molecule has 0 bridgehead atoms. The number of likely N-dealkylation sites (tertiary alicyclic amines) is 1. The molecule has 1 saturated carbocycles. The minimum atomic E-state index is -4.44. The van der Waals surface area contributed by atoms with Crippen molar-refractivity contribution in [3.63, 3.8) is 0 Å². The summed E-state index contributed by atoms with van der Waals surface area (Å²) in [5.41, 5.74) is 3.41. The molecule has 13 heteroatoms. The van der Waals surface area contributed by atoms with E-state index in [1.54, 1.807) is 9.80 Å². The summed E-state index contributed by atoms with van der Waals surface area (Å²) in [6.45, 7) is 0.267. The molecule has 2 atom stereocenters. The molecule has 1 amide bonds. The quantitative estimate of drug-likeness (QED) is 0.373. The van der Waals surface area contributed by atoms with E-state index in [1.807, 2.05) is 0 Å². The van der Waals surface area contributed by atoms with Gasteiger partial charge in [-0.25, -0.2) is 9.97 Å². The highest BCUT2D eigenvalue weighted by Crippen LogP contribution is 2.35. The number of aliphatic hydroxyl groups is 2. The van der Waals surface area contributed by atoms with E-state index in [0.29, 0.717) is 12.1 Å². The number of halogens is 4. The molecule has 36 heavy (non-hydrogen) atoms. The first-order valence-corrected chi connectivity index (χ1v) is 11.5. The number of carbonyl (C=O) groups excluding carboxylic acids is 1. The number of hydrogen-bond acceptors (Lipinski definition) is 8. The third-order valence-corrected chi connectivity index (χ3v) is 6.52. The van der Waals surface area contributed by atoms with Crippen LogP contribution in [0.25, 0.3) is 0 Å². The second-order valence-electron chi connectivity index (χ2n) is 9.34. The molecule has 0 spiro atoms. The summed E-state index contributed by atoms with van der Waals surface area (Å²) in [6.07, 6.45) is -2.77. The SMILES string of the molecule is NC(=O)CN1CC[C@](O)(CNc2ncnc(N(Cc3ccc(C(F)(F)F)cc3)C3CC3)c2F)[C@@H](O)C1. The predicted octanol–water partition coefficient (Wildman–Crippen LogP) is 1.50. The summed E-state index contributed by atoms with van der Waals surface area (Å²) in [4.78, 5) is 22.4. The van der Waals surface area contributed by atoms with Crippen LogP contribution in [0.3, 0.4) is 0 Å². The van der Waals surface area contributed by atoms with Crippen LogP contribution in [0.2, 0.25) is 0 Å². The summed E-state index contributed by atoms with van der Waals surface area (Å²) in [5.74, 6) is -1.48. The number of β-amino-alcohol motifs (C(OH)–C–C–N with tert-alkyl or cyclic N) is 1. The molecule has 2 heterocycles. The molecule has 1 aromatic heterocycles. The van der Waals surface area contributed by atoms with Gasteiger partial charge in [0, 0.05) is 32.2 Å². The molecule has 1 aliphatic heterocycles. The average molecular weight is 513 g/mol. The van der Waals surface area contributed by atoms with E-state index in [9.17, 15) is 28.2 Å². The van der Waals surface area contributed by atoms with Crippen LogP contribution in [-0.4, -0.2) is 74.9 Å². The highest BCUT2D eigenvalue weighted by Gasteiger charge is 2.41. The zero-order chi connectivity index (χ0) is 26.1. The number of nitrogens with zero attached hydrogens (tertiary/aromatic N) is 4. The van der Waals surface area contributed by atoms with E-state index in [1.165, 1.54) is 18.5 Å². The fraction of sp³-hybridized carbons (Fsp3) is 0.522. The van der Waals surface area contributed by atoms with Crippen molar-refractivity contribution in [3.8, 4) is 0 Å². The van der Waals surface area contributed by atoms with Gasteiger partial charge in [-0.3, -0.25) is 9.69 Å². The van der Waals surface area contributed by atoms with E-state index in [2.05, 4.69) is 15.3 Å². The van der Waals surface area contributed by atoms with Crippen LogP contribution in [0.1, 0.15) is 30.4 Å². The van der Waals surface area contributed by atoms with E-state index >= 15 is 4.39 Å². The van der Waals surface area contributed by atoms with Gasteiger partial charge in [-0.05, 0) is 37.0 Å². The van der Waals surface area contributed by atoms with Crippen molar-refractivity contribution in [1.82, 2.24) is 14.9 Å². The molecular formula is C23H28F4N6O3. The van der Waals surface area contributed by atoms with Crippen LogP contribution in [-0.2, 0) is 17.5 Å². The van der Waals surface area contributed by atoms with E-state index in [4.69, 9.17) is 5.73 Å². The van der Waals surface area contributed by atoms with Crippen molar-refractivity contribution in [3.05, 3.63) is 47.5 Å². The number of hydrogen-bond donors (Lipinski definition) is 4. The number of nitrogens with one attached hydrogen (secondary N) is 1. The summed E-state index contributed by atoms with van der Waals surface area (Å²) >= 11 is 0. The van der Waals surface area contributed by atoms with Gasteiger partial charge in [-0.15, -0.1) is 0 Å². The van der Waals surface area contributed by atoms with Crippen LogP contribution < -0.4 is 16.0 Å². The van der Waals surface area contributed by atoms with Crippen molar-refractivity contribution in [2.75, 3.05) is 36.4 Å². The van der Waals surface area contributed by atoms with Crippen LogP contribution in [0.15, 0.2) is 30.6 Å². The van der Waals surface area contributed by atoms with Gasteiger partial charge in [0.1, 0.15) is 11.9 Å². The van der Waals surface area contributed by atoms with Gasteiger partial charge in [0.25, 0.3) is 0 Å². The Labute approximate surface area is 204 Å².